The molecule has 0 spiro atoms. The Morgan fingerprint density at radius 3 is 2.58 bits per heavy atom. The van der Waals surface area contributed by atoms with Crippen LogP contribution in [0.3, 0.4) is 0 Å². The third kappa shape index (κ3) is 2.10. The number of hydrogen-bond acceptors (Lipinski definition) is 6. The first-order valence-electron chi connectivity index (χ1n) is 5.91. The van der Waals surface area contributed by atoms with E-state index >= 15 is 0 Å². The van der Waals surface area contributed by atoms with E-state index < -0.39 is 0 Å². The summed E-state index contributed by atoms with van der Waals surface area (Å²) in [7, 11) is 1.64. The third-order valence-electron chi connectivity index (χ3n) is 2.96. The number of benzene rings is 1. The van der Waals surface area contributed by atoms with E-state index in [2.05, 4.69) is 5.16 Å². The lowest BCUT2D eigenvalue weighted by Crippen LogP contribution is -2.15. The van der Waals surface area contributed by atoms with E-state index in [1.807, 2.05) is 12.1 Å². The van der Waals surface area contributed by atoms with Gasteiger partial charge in [-0.15, -0.1) is 0 Å². The van der Waals surface area contributed by atoms with Crippen LogP contribution in [-0.2, 0) is 11.3 Å². The molecule has 0 amide bonds. The first-order chi connectivity index (χ1) is 9.29. The summed E-state index contributed by atoms with van der Waals surface area (Å²) in [5, 5.41) is 3.70. The maximum atomic E-state index is 5.77. The highest BCUT2D eigenvalue weighted by atomic mass is 16.6. The number of anilines is 1. The molecule has 1 aromatic heterocycles. The predicted octanol–water partition coefficient (Wildman–Crippen LogP) is 1.84. The van der Waals surface area contributed by atoms with Gasteiger partial charge in [0.15, 0.2) is 11.5 Å². The minimum atomic E-state index is 0.272. The molecular weight excluding hydrogens is 248 g/mol. The Morgan fingerprint density at radius 2 is 1.95 bits per heavy atom. The fourth-order valence-electron chi connectivity index (χ4n) is 2.11. The second-order valence-corrected chi connectivity index (χ2v) is 4.19. The Morgan fingerprint density at radius 1 is 1.21 bits per heavy atom. The number of nitrogen functional groups attached to an aromatic ring is 1. The number of hydrogen-bond donors (Lipinski definition) is 1. The highest BCUT2D eigenvalue weighted by molar-refractivity contribution is 5.77. The summed E-state index contributed by atoms with van der Waals surface area (Å²) < 4.78 is 21.3. The van der Waals surface area contributed by atoms with E-state index in [-0.39, 0.29) is 5.88 Å². The van der Waals surface area contributed by atoms with Gasteiger partial charge in [-0.2, -0.15) is 0 Å². The molecule has 0 fully saturated rings. The standard InChI is InChI=1S/C13H14N2O4/c1-16-7-8-4-11-12(18-3-2-17-11)5-9(8)10-6-15-19-13(10)14/h4-6H,2-3,7,14H2,1H3. The molecule has 2 N–H and O–H groups in total. The zero-order valence-electron chi connectivity index (χ0n) is 10.5. The molecular formula is C13H14N2O4. The van der Waals surface area contributed by atoms with Crippen molar-refractivity contribution >= 4 is 5.88 Å². The van der Waals surface area contributed by atoms with Crippen LogP contribution in [0.5, 0.6) is 11.5 Å². The second-order valence-electron chi connectivity index (χ2n) is 4.19. The fraction of sp³-hybridized carbons (Fsp3) is 0.308. The topological polar surface area (TPSA) is 79.7 Å². The molecule has 0 unspecified atom stereocenters. The lowest BCUT2D eigenvalue weighted by Gasteiger charge is -2.20. The minimum Gasteiger partial charge on any atom is -0.486 e. The normalized spacial score (nSPS) is 13.5. The van der Waals surface area contributed by atoms with E-state index in [0.717, 1.165) is 22.4 Å². The Bertz CT molecular complexity index is 594. The molecule has 6 heteroatoms. The van der Waals surface area contributed by atoms with Gasteiger partial charge >= 0.3 is 0 Å². The maximum Gasteiger partial charge on any atom is 0.229 e. The van der Waals surface area contributed by atoms with Crippen LogP contribution >= 0.6 is 0 Å². The average Bonchev–Trinajstić information content (AvgIpc) is 2.84. The third-order valence-corrected chi connectivity index (χ3v) is 2.96. The molecule has 0 aliphatic carbocycles. The lowest BCUT2D eigenvalue weighted by atomic mass is 10.0. The average molecular weight is 262 g/mol. The van der Waals surface area contributed by atoms with Crippen LogP contribution in [0, 0.1) is 0 Å². The van der Waals surface area contributed by atoms with Gasteiger partial charge in [-0.3, -0.25) is 0 Å². The number of nitrogens with two attached hydrogens (primary N) is 1. The number of fused-ring (bicyclic) bond motifs is 1. The molecule has 19 heavy (non-hydrogen) atoms. The van der Waals surface area contributed by atoms with E-state index in [1.54, 1.807) is 13.3 Å². The smallest absolute Gasteiger partial charge is 0.229 e. The molecule has 2 heterocycles. The number of nitrogens with zero attached hydrogens (tertiary/aromatic N) is 1. The Balaban J connectivity index is 2.13. The molecule has 1 aliphatic heterocycles. The Hall–Kier alpha value is -2.21. The summed E-state index contributed by atoms with van der Waals surface area (Å²) in [6.45, 7) is 1.53. The van der Waals surface area contributed by atoms with E-state index in [4.69, 9.17) is 24.5 Å². The van der Waals surface area contributed by atoms with Gasteiger partial charge in [0.05, 0.1) is 18.4 Å². The molecule has 6 nitrogen and oxygen atoms in total. The maximum absolute atomic E-state index is 5.77. The van der Waals surface area contributed by atoms with Crippen LogP contribution in [0.2, 0.25) is 0 Å². The number of methoxy groups -OCH3 is 1. The molecule has 3 rings (SSSR count). The van der Waals surface area contributed by atoms with E-state index in [9.17, 15) is 0 Å². The minimum absolute atomic E-state index is 0.272. The van der Waals surface area contributed by atoms with Gasteiger partial charge in [-0.25, -0.2) is 0 Å². The van der Waals surface area contributed by atoms with Crippen LogP contribution in [0.25, 0.3) is 11.1 Å². The van der Waals surface area contributed by atoms with Gasteiger partial charge in [0, 0.05) is 7.11 Å². The van der Waals surface area contributed by atoms with Crippen LogP contribution < -0.4 is 15.2 Å². The largest absolute Gasteiger partial charge is 0.486 e. The number of rotatable bonds is 3. The molecule has 0 saturated carbocycles. The zero-order valence-corrected chi connectivity index (χ0v) is 10.5. The summed E-state index contributed by atoms with van der Waals surface area (Å²) in [4.78, 5) is 0. The van der Waals surface area contributed by atoms with Crippen molar-refractivity contribution < 1.29 is 18.7 Å². The molecule has 0 bridgehead atoms. The molecule has 0 saturated heterocycles. The molecule has 100 valence electrons. The Kier molecular flexibility index (Phi) is 3.00. The summed E-state index contributed by atoms with van der Waals surface area (Å²) in [6, 6.07) is 3.78. The second kappa shape index (κ2) is 4.81. The Labute approximate surface area is 110 Å². The summed E-state index contributed by atoms with van der Waals surface area (Å²) in [5.74, 6) is 1.69. The van der Waals surface area contributed by atoms with Gasteiger partial charge in [-0.05, 0) is 23.3 Å². The first-order valence-corrected chi connectivity index (χ1v) is 5.91. The van der Waals surface area contributed by atoms with Crippen LogP contribution in [0.1, 0.15) is 5.56 Å². The van der Waals surface area contributed by atoms with Gasteiger partial charge < -0.3 is 24.5 Å². The highest BCUT2D eigenvalue weighted by Crippen LogP contribution is 2.39. The van der Waals surface area contributed by atoms with Crippen molar-refractivity contribution in [2.24, 2.45) is 0 Å². The van der Waals surface area contributed by atoms with Crippen molar-refractivity contribution in [2.45, 2.75) is 6.61 Å². The summed E-state index contributed by atoms with van der Waals surface area (Å²) in [5.41, 5.74) is 8.32. The predicted molar refractivity (Wildman–Crippen MR) is 68.1 cm³/mol. The van der Waals surface area contributed by atoms with Crippen molar-refractivity contribution in [3.05, 3.63) is 23.9 Å². The zero-order chi connectivity index (χ0) is 13.2. The van der Waals surface area contributed by atoms with Crippen molar-refractivity contribution in [1.82, 2.24) is 5.16 Å². The first kappa shape index (κ1) is 11.9. The number of ether oxygens (including phenoxy) is 3. The van der Waals surface area contributed by atoms with Gasteiger partial charge in [0.2, 0.25) is 5.88 Å². The lowest BCUT2D eigenvalue weighted by molar-refractivity contribution is 0.168. The van der Waals surface area contributed by atoms with Crippen molar-refractivity contribution in [3.63, 3.8) is 0 Å². The molecule has 2 aromatic rings. The van der Waals surface area contributed by atoms with Crippen molar-refractivity contribution in [2.75, 3.05) is 26.1 Å². The van der Waals surface area contributed by atoms with Gasteiger partial charge in [0.25, 0.3) is 0 Å². The number of aromatic nitrogens is 1. The molecule has 1 aromatic carbocycles. The SMILES string of the molecule is COCc1cc2c(cc1-c1cnoc1N)OCCO2. The fourth-order valence-corrected chi connectivity index (χ4v) is 2.11. The molecule has 0 atom stereocenters. The summed E-state index contributed by atoms with van der Waals surface area (Å²) in [6.07, 6.45) is 1.58. The van der Waals surface area contributed by atoms with Crippen molar-refractivity contribution in [1.29, 1.82) is 0 Å². The highest BCUT2D eigenvalue weighted by Gasteiger charge is 2.19. The molecule has 0 radical (unpaired) electrons. The monoisotopic (exact) mass is 262 g/mol. The van der Waals surface area contributed by atoms with Crippen molar-refractivity contribution in [3.8, 4) is 22.6 Å². The van der Waals surface area contributed by atoms with E-state index in [1.165, 1.54) is 0 Å². The summed E-state index contributed by atoms with van der Waals surface area (Å²) >= 11 is 0. The van der Waals surface area contributed by atoms with Crippen LogP contribution in [0.4, 0.5) is 5.88 Å². The quantitative estimate of drug-likeness (QED) is 0.909. The van der Waals surface area contributed by atoms with E-state index in [0.29, 0.717) is 25.6 Å². The van der Waals surface area contributed by atoms with Gasteiger partial charge in [0.1, 0.15) is 13.2 Å². The van der Waals surface area contributed by atoms with Gasteiger partial charge in [-0.1, -0.05) is 5.16 Å². The van der Waals surface area contributed by atoms with Crippen LogP contribution in [0.15, 0.2) is 22.9 Å². The molecule has 1 aliphatic rings. The van der Waals surface area contributed by atoms with Crippen LogP contribution in [-0.4, -0.2) is 25.5 Å².